The van der Waals surface area contributed by atoms with Gasteiger partial charge in [-0.3, -0.25) is 4.79 Å². The third kappa shape index (κ3) is 5.42. The molecule has 2 aromatic rings. The average Bonchev–Trinajstić information content (AvgIpc) is 3.41. The third-order valence-corrected chi connectivity index (χ3v) is 7.17. The van der Waals surface area contributed by atoms with E-state index in [9.17, 15) is 22.8 Å². The van der Waals surface area contributed by atoms with Crippen molar-refractivity contribution in [3.05, 3.63) is 46.8 Å². The molecule has 3 rings (SSSR count). The summed E-state index contributed by atoms with van der Waals surface area (Å²) in [6.45, 7) is 5.43. The van der Waals surface area contributed by atoms with E-state index >= 15 is 0 Å². The lowest BCUT2D eigenvalue weighted by molar-refractivity contribution is -0.119. The predicted molar refractivity (Wildman–Crippen MR) is 120 cm³/mol. The Labute approximate surface area is 192 Å². The summed E-state index contributed by atoms with van der Waals surface area (Å²) in [5, 5.41) is 2.54. The number of H-pyrrole nitrogens is 1. The number of esters is 2. The molecule has 11 heteroatoms. The molecule has 0 atom stereocenters. The first-order valence-electron chi connectivity index (χ1n) is 10.6. The number of anilines is 1. The number of rotatable bonds is 8. The molecule has 33 heavy (non-hydrogen) atoms. The van der Waals surface area contributed by atoms with E-state index in [1.54, 1.807) is 26.8 Å². The molecule has 1 aromatic heterocycles. The van der Waals surface area contributed by atoms with E-state index in [0.717, 1.165) is 12.8 Å². The molecule has 2 heterocycles. The Morgan fingerprint density at radius 3 is 2.45 bits per heavy atom. The van der Waals surface area contributed by atoms with Gasteiger partial charge in [0.15, 0.2) is 6.61 Å². The van der Waals surface area contributed by atoms with Crippen molar-refractivity contribution < 1.29 is 32.3 Å². The van der Waals surface area contributed by atoms with Gasteiger partial charge in [0.25, 0.3) is 5.91 Å². The minimum absolute atomic E-state index is 0.0873. The van der Waals surface area contributed by atoms with E-state index in [-0.39, 0.29) is 28.4 Å². The number of aromatic nitrogens is 1. The second-order valence-corrected chi connectivity index (χ2v) is 9.55. The highest BCUT2D eigenvalue weighted by atomic mass is 32.2. The van der Waals surface area contributed by atoms with Crippen molar-refractivity contribution in [3.63, 3.8) is 0 Å². The van der Waals surface area contributed by atoms with Crippen molar-refractivity contribution in [2.24, 2.45) is 0 Å². The second-order valence-electron chi connectivity index (χ2n) is 7.61. The number of aromatic amines is 1. The molecule has 10 nitrogen and oxygen atoms in total. The number of hydrogen-bond acceptors (Lipinski definition) is 7. The van der Waals surface area contributed by atoms with Gasteiger partial charge in [-0.2, -0.15) is 4.31 Å². The number of nitrogens with one attached hydrogen (secondary N) is 2. The summed E-state index contributed by atoms with van der Waals surface area (Å²) < 4.78 is 36.9. The maximum atomic E-state index is 12.7. The van der Waals surface area contributed by atoms with Crippen LogP contribution in [0.4, 0.5) is 5.69 Å². The number of ether oxygens (including phenoxy) is 2. The molecule has 0 unspecified atom stereocenters. The van der Waals surface area contributed by atoms with Crippen LogP contribution in [0.2, 0.25) is 0 Å². The van der Waals surface area contributed by atoms with Gasteiger partial charge in [0.2, 0.25) is 10.0 Å². The summed E-state index contributed by atoms with van der Waals surface area (Å²) in [4.78, 5) is 39.7. The molecule has 0 bridgehead atoms. The summed E-state index contributed by atoms with van der Waals surface area (Å²) in [5.74, 6) is -1.98. The zero-order chi connectivity index (χ0) is 24.2. The Morgan fingerprint density at radius 1 is 1.09 bits per heavy atom. The van der Waals surface area contributed by atoms with Gasteiger partial charge in [-0.25, -0.2) is 18.0 Å². The Hall–Kier alpha value is -3.18. The number of carbonyl (C=O) groups excluding carboxylic acids is 3. The zero-order valence-corrected chi connectivity index (χ0v) is 19.6. The number of hydrogen-bond donors (Lipinski definition) is 2. The molecule has 2 N–H and O–H groups in total. The number of carbonyl (C=O) groups is 3. The summed E-state index contributed by atoms with van der Waals surface area (Å²) in [6.07, 6.45) is 1.64. The average molecular weight is 478 g/mol. The number of benzene rings is 1. The lowest BCUT2D eigenvalue weighted by Crippen LogP contribution is -2.28. The van der Waals surface area contributed by atoms with E-state index in [4.69, 9.17) is 9.47 Å². The minimum atomic E-state index is -3.62. The summed E-state index contributed by atoms with van der Waals surface area (Å²) >= 11 is 0. The van der Waals surface area contributed by atoms with Crippen molar-refractivity contribution in [1.82, 2.24) is 9.29 Å². The van der Waals surface area contributed by atoms with Crippen LogP contribution in [0.15, 0.2) is 29.2 Å². The SMILES string of the molecule is CCOC(=O)c1[nH]c(C)c(C(=O)OCC(=O)Nc2cccc(S(=O)(=O)N3CCCC3)c2)c1C. The molecular formula is C22H27N3O7S. The van der Waals surface area contributed by atoms with Crippen LogP contribution in [0.3, 0.4) is 0 Å². The van der Waals surface area contributed by atoms with E-state index in [1.807, 2.05) is 0 Å². The zero-order valence-electron chi connectivity index (χ0n) is 18.8. The number of aryl methyl sites for hydroxylation is 1. The third-order valence-electron chi connectivity index (χ3n) is 5.28. The molecule has 1 aliphatic heterocycles. The van der Waals surface area contributed by atoms with Crippen molar-refractivity contribution in [1.29, 1.82) is 0 Å². The van der Waals surface area contributed by atoms with E-state index < -0.39 is 34.5 Å². The monoisotopic (exact) mass is 477 g/mol. The maximum Gasteiger partial charge on any atom is 0.355 e. The Balaban J connectivity index is 1.63. The highest BCUT2D eigenvalue weighted by Crippen LogP contribution is 2.23. The van der Waals surface area contributed by atoms with Crippen molar-refractivity contribution in [2.75, 3.05) is 31.6 Å². The standard InChI is InChI=1S/C22H27N3O7S/c1-4-31-22(28)20-14(2)19(15(3)23-20)21(27)32-13-18(26)24-16-8-7-9-17(12-16)33(29,30)25-10-5-6-11-25/h7-9,12,23H,4-6,10-11,13H2,1-3H3,(H,24,26). The van der Waals surface area contributed by atoms with Crippen LogP contribution in [0.1, 0.15) is 51.9 Å². The van der Waals surface area contributed by atoms with Crippen molar-refractivity contribution in [2.45, 2.75) is 38.5 Å². The van der Waals surface area contributed by atoms with Crippen LogP contribution >= 0.6 is 0 Å². The lowest BCUT2D eigenvalue weighted by atomic mass is 10.1. The molecule has 1 aromatic carbocycles. The summed E-state index contributed by atoms with van der Waals surface area (Å²) in [7, 11) is -3.62. The number of amides is 1. The van der Waals surface area contributed by atoms with Gasteiger partial charge in [0.05, 0.1) is 17.1 Å². The van der Waals surface area contributed by atoms with Crippen LogP contribution in [-0.2, 0) is 24.3 Å². The fourth-order valence-electron chi connectivity index (χ4n) is 3.68. The predicted octanol–water partition coefficient (Wildman–Crippen LogP) is 2.39. The van der Waals surface area contributed by atoms with Gasteiger partial charge in [0, 0.05) is 24.5 Å². The molecule has 0 saturated carbocycles. The van der Waals surface area contributed by atoms with Gasteiger partial charge in [-0.1, -0.05) is 6.07 Å². The molecule has 0 spiro atoms. The molecule has 0 radical (unpaired) electrons. The molecule has 1 aliphatic rings. The van der Waals surface area contributed by atoms with Crippen molar-refractivity contribution in [3.8, 4) is 0 Å². The molecule has 0 aliphatic carbocycles. The quantitative estimate of drug-likeness (QED) is 0.557. The van der Waals surface area contributed by atoms with Gasteiger partial charge in [-0.05, 0) is 57.4 Å². The van der Waals surface area contributed by atoms with Crippen LogP contribution < -0.4 is 5.32 Å². The number of sulfonamides is 1. The van der Waals surface area contributed by atoms with E-state index in [2.05, 4.69) is 10.3 Å². The first-order valence-corrected chi connectivity index (χ1v) is 12.0. The maximum absolute atomic E-state index is 12.7. The largest absolute Gasteiger partial charge is 0.461 e. The fourth-order valence-corrected chi connectivity index (χ4v) is 5.24. The van der Waals surface area contributed by atoms with Crippen LogP contribution in [0.5, 0.6) is 0 Å². The van der Waals surface area contributed by atoms with Crippen molar-refractivity contribution >= 4 is 33.6 Å². The first-order chi connectivity index (χ1) is 15.6. The molecule has 178 valence electrons. The van der Waals surface area contributed by atoms with Gasteiger partial charge in [0.1, 0.15) is 5.69 Å². The molecule has 1 fully saturated rings. The molecule has 1 amide bonds. The smallest absolute Gasteiger partial charge is 0.355 e. The van der Waals surface area contributed by atoms with Gasteiger partial charge < -0.3 is 19.8 Å². The normalized spacial score (nSPS) is 14.2. The highest BCUT2D eigenvalue weighted by molar-refractivity contribution is 7.89. The van der Waals surface area contributed by atoms with E-state index in [0.29, 0.717) is 24.3 Å². The highest BCUT2D eigenvalue weighted by Gasteiger charge is 2.27. The Morgan fingerprint density at radius 2 is 1.79 bits per heavy atom. The Kier molecular flexibility index (Phi) is 7.54. The van der Waals surface area contributed by atoms with Gasteiger partial charge in [-0.15, -0.1) is 0 Å². The van der Waals surface area contributed by atoms with E-state index in [1.165, 1.54) is 22.5 Å². The second kappa shape index (κ2) is 10.2. The molecular weight excluding hydrogens is 450 g/mol. The minimum Gasteiger partial charge on any atom is -0.461 e. The fraction of sp³-hybridized carbons (Fsp3) is 0.409. The summed E-state index contributed by atoms with van der Waals surface area (Å²) in [6, 6.07) is 5.93. The summed E-state index contributed by atoms with van der Waals surface area (Å²) in [5.41, 5.74) is 1.37. The van der Waals surface area contributed by atoms with Crippen LogP contribution in [0.25, 0.3) is 0 Å². The topological polar surface area (TPSA) is 135 Å². The first kappa shape index (κ1) is 24.5. The van der Waals surface area contributed by atoms with Gasteiger partial charge >= 0.3 is 11.9 Å². The Bertz CT molecular complexity index is 1160. The van der Waals surface area contributed by atoms with Crippen LogP contribution in [0, 0.1) is 13.8 Å². The van der Waals surface area contributed by atoms with Crippen LogP contribution in [-0.4, -0.2) is 61.9 Å². The lowest BCUT2D eigenvalue weighted by Gasteiger charge is -2.16. The molecule has 1 saturated heterocycles. The number of nitrogens with zero attached hydrogens (tertiary/aromatic N) is 1.